The molecule has 1 N–H and O–H groups in total. The zero-order valence-electron chi connectivity index (χ0n) is 14.3. The second-order valence-corrected chi connectivity index (χ2v) is 9.49. The second-order valence-electron chi connectivity index (χ2n) is 6.02. The van der Waals surface area contributed by atoms with E-state index in [2.05, 4.69) is 25.5 Å². The summed E-state index contributed by atoms with van der Waals surface area (Å²) in [5.74, 6) is 0.145. The van der Waals surface area contributed by atoms with Gasteiger partial charge in [-0.05, 0) is 32.8 Å². The highest BCUT2D eigenvalue weighted by atomic mass is 32.2. The molecule has 1 amide bonds. The van der Waals surface area contributed by atoms with E-state index in [4.69, 9.17) is 0 Å². The molecule has 0 aromatic carbocycles. The Morgan fingerprint density at radius 3 is 2.64 bits per heavy atom. The number of nitrogens with zero attached hydrogens (tertiary/aromatic N) is 4. The number of thioether (sulfide) groups is 2. The van der Waals surface area contributed by atoms with E-state index in [1.165, 1.54) is 55.2 Å². The van der Waals surface area contributed by atoms with Gasteiger partial charge in [0.1, 0.15) is 0 Å². The van der Waals surface area contributed by atoms with E-state index in [0.717, 1.165) is 15.7 Å². The standard InChI is InChI=1S/C16H21N5OS3/c1-10-8-11(2)18-14(17-10)23-9-13(22)19-15-20-21-16(25-15)24-12-6-4-3-5-7-12/h8,12H,3-7,9H2,1-2H3,(H,19,20,22). The SMILES string of the molecule is Cc1cc(C)nc(SCC(=O)Nc2nnc(SC3CCCCC3)s2)n1. The molecule has 0 unspecified atom stereocenters. The van der Waals surface area contributed by atoms with Gasteiger partial charge in [0.25, 0.3) is 0 Å². The lowest BCUT2D eigenvalue weighted by atomic mass is 10.0. The molecule has 2 aromatic rings. The molecule has 134 valence electrons. The first-order chi connectivity index (χ1) is 12.1. The molecule has 2 aromatic heterocycles. The summed E-state index contributed by atoms with van der Waals surface area (Å²) in [5, 5.41) is 12.9. The van der Waals surface area contributed by atoms with Crippen LogP contribution in [0.3, 0.4) is 0 Å². The molecule has 0 radical (unpaired) electrons. The summed E-state index contributed by atoms with van der Waals surface area (Å²) in [4.78, 5) is 20.8. The number of hydrogen-bond acceptors (Lipinski definition) is 8. The maximum atomic E-state index is 12.1. The third kappa shape index (κ3) is 5.93. The first-order valence-electron chi connectivity index (χ1n) is 8.33. The molecule has 1 saturated carbocycles. The fourth-order valence-electron chi connectivity index (χ4n) is 2.68. The van der Waals surface area contributed by atoms with Crippen LogP contribution in [0.4, 0.5) is 5.13 Å². The summed E-state index contributed by atoms with van der Waals surface area (Å²) in [6.45, 7) is 3.84. The van der Waals surface area contributed by atoms with Gasteiger partial charge in [0.2, 0.25) is 11.0 Å². The molecule has 0 atom stereocenters. The number of amides is 1. The van der Waals surface area contributed by atoms with Crippen molar-refractivity contribution in [3.8, 4) is 0 Å². The van der Waals surface area contributed by atoms with E-state index in [9.17, 15) is 4.79 Å². The molecule has 1 aliphatic carbocycles. The Bertz CT molecular complexity index is 710. The van der Waals surface area contributed by atoms with Gasteiger partial charge in [0.05, 0.1) is 5.75 Å². The van der Waals surface area contributed by atoms with Crippen molar-refractivity contribution in [1.82, 2.24) is 20.2 Å². The molecule has 1 fully saturated rings. The van der Waals surface area contributed by atoms with Crippen LogP contribution >= 0.6 is 34.9 Å². The highest BCUT2D eigenvalue weighted by molar-refractivity contribution is 8.01. The van der Waals surface area contributed by atoms with Crippen molar-refractivity contribution in [2.45, 2.75) is 60.7 Å². The van der Waals surface area contributed by atoms with Gasteiger partial charge in [-0.3, -0.25) is 10.1 Å². The molecule has 2 heterocycles. The van der Waals surface area contributed by atoms with Gasteiger partial charge in [-0.25, -0.2) is 9.97 Å². The summed E-state index contributed by atoms with van der Waals surface area (Å²) >= 11 is 4.57. The number of carbonyl (C=O) groups excluding carboxylic acids is 1. The number of hydrogen-bond donors (Lipinski definition) is 1. The topological polar surface area (TPSA) is 80.7 Å². The lowest BCUT2D eigenvalue weighted by Gasteiger charge is -2.19. The Balaban J connectivity index is 1.47. The quantitative estimate of drug-likeness (QED) is 0.448. The predicted octanol–water partition coefficient (Wildman–Crippen LogP) is 4.10. The van der Waals surface area contributed by atoms with Crippen LogP contribution in [0.2, 0.25) is 0 Å². The molecule has 6 nitrogen and oxygen atoms in total. The van der Waals surface area contributed by atoms with E-state index in [1.807, 2.05) is 19.9 Å². The van der Waals surface area contributed by atoms with E-state index in [-0.39, 0.29) is 11.7 Å². The number of nitrogens with one attached hydrogen (secondary N) is 1. The van der Waals surface area contributed by atoms with Gasteiger partial charge in [0.15, 0.2) is 9.50 Å². The number of aromatic nitrogens is 4. The van der Waals surface area contributed by atoms with Gasteiger partial charge < -0.3 is 0 Å². The van der Waals surface area contributed by atoms with E-state index in [1.54, 1.807) is 11.8 Å². The molecule has 0 aliphatic heterocycles. The Morgan fingerprint density at radius 1 is 1.20 bits per heavy atom. The molecule has 0 saturated heterocycles. The number of carbonyl (C=O) groups is 1. The maximum absolute atomic E-state index is 12.1. The Labute approximate surface area is 160 Å². The Kier molecular flexibility index (Phi) is 6.66. The minimum Gasteiger partial charge on any atom is -0.300 e. The summed E-state index contributed by atoms with van der Waals surface area (Å²) < 4.78 is 0.937. The van der Waals surface area contributed by atoms with Crippen LogP contribution in [-0.4, -0.2) is 37.1 Å². The van der Waals surface area contributed by atoms with E-state index in [0.29, 0.717) is 15.5 Å². The highest BCUT2D eigenvalue weighted by Gasteiger charge is 2.17. The van der Waals surface area contributed by atoms with Crippen molar-refractivity contribution < 1.29 is 4.79 Å². The average molecular weight is 396 g/mol. The monoisotopic (exact) mass is 395 g/mol. The molecule has 0 bridgehead atoms. The first-order valence-corrected chi connectivity index (χ1v) is 11.0. The van der Waals surface area contributed by atoms with Crippen molar-refractivity contribution in [3.05, 3.63) is 17.5 Å². The van der Waals surface area contributed by atoms with Crippen molar-refractivity contribution in [2.75, 3.05) is 11.1 Å². The largest absolute Gasteiger partial charge is 0.300 e. The zero-order chi connectivity index (χ0) is 17.6. The molecular weight excluding hydrogens is 374 g/mol. The fraction of sp³-hybridized carbons (Fsp3) is 0.562. The van der Waals surface area contributed by atoms with Gasteiger partial charge >= 0.3 is 0 Å². The third-order valence-corrected chi connectivity index (χ3v) is 6.87. The van der Waals surface area contributed by atoms with Gasteiger partial charge in [-0.2, -0.15) is 0 Å². The molecule has 25 heavy (non-hydrogen) atoms. The van der Waals surface area contributed by atoms with Crippen LogP contribution in [0.25, 0.3) is 0 Å². The smallest absolute Gasteiger partial charge is 0.236 e. The minimum absolute atomic E-state index is 0.113. The third-order valence-electron chi connectivity index (χ3n) is 3.77. The molecular formula is C16H21N5OS3. The molecule has 0 spiro atoms. The average Bonchev–Trinajstić information content (AvgIpc) is 3.00. The number of rotatable bonds is 6. The fourth-order valence-corrected chi connectivity index (χ4v) is 5.70. The molecule has 3 rings (SSSR count). The lowest BCUT2D eigenvalue weighted by molar-refractivity contribution is -0.113. The summed E-state index contributed by atoms with van der Waals surface area (Å²) in [6, 6.07) is 1.91. The van der Waals surface area contributed by atoms with E-state index >= 15 is 0 Å². The van der Waals surface area contributed by atoms with Crippen LogP contribution in [-0.2, 0) is 4.79 Å². The summed E-state index contributed by atoms with van der Waals surface area (Å²) in [7, 11) is 0. The van der Waals surface area contributed by atoms with Crippen LogP contribution < -0.4 is 5.32 Å². The van der Waals surface area contributed by atoms with Gasteiger partial charge in [-0.15, -0.1) is 10.2 Å². The Hall–Kier alpha value is -1.19. The minimum atomic E-state index is -0.113. The van der Waals surface area contributed by atoms with Gasteiger partial charge in [0, 0.05) is 16.6 Å². The zero-order valence-corrected chi connectivity index (χ0v) is 16.8. The molecule has 1 aliphatic rings. The first kappa shape index (κ1) is 18.6. The van der Waals surface area contributed by atoms with Crippen molar-refractivity contribution in [2.24, 2.45) is 0 Å². The number of anilines is 1. The van der Waals surface area contributed by atoms with Crippen molar-refractivity contribution in [3.63, 3.8) is 0 Å². The maximum Gasteiger partial charge on any atom is 0.236 e. The van der Waals surface area contributed by atoms with Crippen molar-refractivity contribution >= 4 is 45.9 Å². The van der Waals surface area contributed by atoms with Crippen LogP contribution in [0, 0.1) is 13.8 Å². The Morgan fingerprint density at radius 2 is 1.92 bits per heavy atom. The van der Waals surface area contributed by atoms with Gasteiger partial charge in [-0.1, -0.05) is 54.1 Å². The summed E-state index contributed by atoms with van der Waals surface area (Å²) in [5.41, 5.74) is 1.81. The van der Waals surface area contributed by atoms with Crippen molar-refractivity contribution in [1.29, 1.82) is 0 Å². The second kappa shape index (κ2) is 8.95. The normalized spacial score (nSPS) is 15.3. The molecule has 9 heteroatoms. The van der Waals surface area contributed by atoms with Crippen LogP contribution in [0.5, 0.6) is 0 Å². The summed E-state index contributed by atoms with van der Waals surface area (Å²) in [6.07, 6.45) is 6.45. The number of aryl methyl sites for hydroxylation is 2. The van der Waals surface area contributed by atoms with Crippen LogP contribution in [0.15, 0.2) is 15.6 Å². The van der Waals surface area contributed by atoms with Crippen LogP contribution in [0.1, 0.15) is 43.5 Å². The van der Waals surface area contributed by atoms with E-state index < -0.39 is 0 Å². The lowest BCUT2D eigenvalue weighted by Crippen LogP contribution is -2.14. The predicted molar refractivity (Wildman–Crippen MR) is 103 cm³/mol. The highest BCUT2D eigenvalue weighted by Crippen LogP contribution is 2.35.